The molecule has 2 aliphatic rings. The lowest BCUT2D eigenvalue weighted by atomic mass is 9.97. The van der Waals surface area contributed by atoms with Gasteiger partial charge in [-0.1, -0.05) is 30.1 Å². The van der Waals surface area contributed by atoms with E-state index in [0.717, 1.165) is 17.9 Å². The molecule has 6 nitrogen and oxygen atoms in total. The highest BCUT2D eigenvalue weighted by atomic mass is 32.2. The number of thioether (sulfide) groups is 1. The average Bonchev–Trinajstić information content (AvgIpc) is 3.52. The molecular formula is C24H25FN4O2S. The van der Waals surface area contributed by atoms with Crippen LogP contribution in [0, 0.1) is 5.82 Å². The molecule has 0 bridgehead atoms. The van der Waals surface area contributed by atoms with Gasteiger partial charge in [-0.25, -0.2) is 9.37 Å². The first-order valence-electron chi connectivity index (χ1n) is 11.2. The van der Waals surface area contributed by atoms with E-state index in [1.54, 1.807) is 30.1 Å². The second-order valence-electron chi connectivity index (χ2n) is 8.44. The normalized spacial score (nSPS) is 19.4. The van der Waals surface area contributed by atoms with E-state index in [2.05, 4.69) is 15.1 Å². The fraction of sp³-hybridized carbons (Fsp3) is 0.417. The summed E-state index contributed by atoms with van der Waals surface area (Å²) < 4.78 is 19.0. The van der Waals surface area contributed by atoms with Gasteiger partial charge in [-0.2, -0.15) is 4.98 Å². The number of hydrogen-bond donors (Lipinski definition) is 0. The van der Waals surface area contributed by atoms with Crippen LogP contribution in [0.1, 0.15) is 60.7 Å². The van der Waals surface area contributed by atoms with Crippen molar-refractivity contribution in [2.75, 3.05) is 13.1 Å². The van der Waals surface area contributed by atoms with E-state index in [1.807, 2.05) is 17.0 Å². The van der Waals surface area contributed by atoms with Crippen molar-refractivity contribution in [1.82, 2.24) is 20.0 Å². The first-order valence-corrected chi connectivity index (χ1v) is 12.1. The van der Waals surface area contributed by atoms with E-state index in [0.29, 0.717) is 41.2 Å². The monoisotopic (exact) mass is 452 g/mol. The number of likely N-dealkylation sites (tertiary alicyclic amines) is 1. The number of amides is 1. The summed E-state index contributed by atoms with van der Waals surface area (Å²) in [5, 5.41) is 5.41. The molecule has 1 saturated heterocycles. The van der Waals surface area contributed by atoms with Crippen LogP contribution in [0.2, 0.25) is 0 Å². The number of carbonyl (C=O) groups excluding carboxylic acids is 1. The van der Waals surface area contributed by atoms with Gasteiger partial charge in [0.25, 0.3) is 5.91 Å². The molecule has 1 amide bonds. The second kappa shape index (κ2) is 9.40. The lowest BCUT2D eigenvalue weighted by Gasteiger charge is -2.31. The molecule has 3 aromatic rings. The Hall–Kier alpha value is -2.74. The smallest absolute Gasteiger partial charge is 0.256 e. The van der Waals surface area contributed by atoms with E-state index in [-0.39, 0.29) is 17.6 Å². The number of benzene rings is 1. The molecule has 32 heavy (non-hydrogen) atoms. The van der Waals surface area contributed by atoms with Crippen molar-refractivity contribution in [1.29, 1.82) is 0 Å². The van der Waals surface area contributed by atoms with Crippen LogP contribution in [-0.4, -0.2) is 44.3 Å². The van der Waals surface area contributed by atoms with Gasteiger partial charge in [0.2, 0.25) is 11.7 Å². The number of nitrogens with zero attached hydrogens (tertiary/aromatic N) is 4. The van der Waals surface area contributed by atoms with E-state index in [4.69, 9.17) is 4.52 Å². The first kappa shape index (κ1) is 21.1. The molecule has 8 heteroatoms. The summed E-state index contributed by atoms with van der Waals surface area (Å²) in [6.45, 7) is 1.22. The fourth-order valence-electron chi connectivity index (χ4n) is 4.49. The molecule has 1 atom stereocenters. The molecule has 3 heterocycles. The molecule has 1 aliphatic carbocycles. The minimum atomic E-state index is -0.342. The molecule has 1 saturated carbocycles. The maximum Gasteiger partial charge on any atom is 0.256 e. The number of hydrogen-bond acceptors (Lipinski definition) is 6. The van der Waals surface area contributed by atoms with Crippen LogP contribution in [0.4, 0.5) is 4.39 Å². The van der Waals surface area contributed by atoms with Crippen molar-refractivity contribution in [3.8, 4) is 11.4 Å². The Morgan fingerprint density at radius 1 is 1.12 bits per heavy atom. The molecular weight excluding hydrogens is 427 g/mol. The van der Waals surface area contributed by atoms with E-state index in [1.165, 1.54) is 37.8 Å². The highest BCUT2D eigenvalue weighted by Crippen LogP contribution is 2.36. The van der Waals surface area contributed by atoms with Crippen LogP contribution in [0.3, 0.4) is 0 Å². The Morgan fingerprint density at radius 3 is 2.84 bits per heavy atom. The summed E-state index contributed by atoms with van der Waals surface area (Å²) in [6.07, 6.45) is 8.37. The molecule has 5 rings (SSSR count). The number of carbonyl (C=O) groups is 1. The predicted molar refractivity (Wildman–Crippen MR) is 120 cm³/mol. The third-order valence-corrected chi connectivity index (χ3v) is 7.52. The van der Waals surface area contributed by atoms with Crippen molar-refractivity contribution >= 4 is 17.7 Å². The van der Waals surface area contributed by atoms with Gasteiger partial charge in [-0.05, 0) is 49.9 Å². The maximum atomic E-state index is 13.5. The Morgan fingerprint density at radius 2 is 2.00 bits per heavy atom. The summed E-state index contributed by atoms with van der Waals surface area (Å²) in [5.41, 5.74) is 1.25. The number of rotatable bonds is 5. The van der Waals surface area contributed by atoms with Crippen LogP contribution in [0.15, 0.2) is 52.1 Å². The zero-order chi connectivity index (χ0) is 21.9. The molecule has 0 spiro atoms. The lowest BCUT2D eigenvalue weighted by Crippen LogP contribution is -2.39. The third kappa shape index (κ3) is 4.55. The predicted octanol–water partition coefficient (Wildman–Crippen LogP) is 5.33. The molecule has 2 fully saturated rings. The number of halogens is 1. The molecule has 166 valence electrons. The summed E-state index contributed by atoms with van der Waals surface area (Å²) in [4.78, 5) is 24.3. The first-order chi connectivity index (χ1) is 15.7. The Bertz CT molecular complexity index is 1100. The average molecular weight is 453 g/mol. The maximum absolute atomic E-state index is 13.5. The second-order valence-corrected chi connectivity index (χ2v) is 9.73. The Labute approximate surface area is 190 Å². The van der Waals surface area contributed by atoms with Gasteiger partial charge in [0.05, 0.1) is 11.5 Å². The van der Waals surface area contributed by atoms with Crippen LogP contribution in [0.25, 0.3) is 11.4 Å². The third-order valence-electron chi connectivity index (χ3n) is 6.16. The van der Waals surface area contributed by atoms with Gasteiger partial charge in [0.15, 0.2) is 0 Å². The summed E-state index contributed by atoms with van der Waals surface area (Å²) >= 11 is 1.74. The minimum absolute atomic E-state index is 0.00756. The van der Waals surface area contributed by atoms with Crippen molar-refractivity contribution < 1.29 is 13.7 Å². The largest absolute Gasteiger partial charge is 0.339 e. The molecule has 0 N–H and O–H groups in total. The Balaban J connectivity index is 1.31. The molecule has 0 radical (unpaired) electrons. The number of aromatic nitrogens is 3. The van der Waals surface area contributed by atoms with E-state index >= 15 is 0 Å². The zero-order valence-corrected chi connectivity index (χ0v) is 18.6. The lowest BCUT2D eigenvalue weighted by molar-refractivity contribution is 0.0691. The van der Waals surface area contributed by atoms with Crippen molar-refractivity contribution in [3.05, 3.63) is 59.9 Å². The molecule has 1 aliphatic heterocycles. The molecule has 1 aromatic carbocycles. The summed E-state index contributed by atoms with van der Waals surface area (Å²) in [6, 6.07) is 9.85. The van der Waals surface area contributed by atoms with Crippen molar-refractivity contribution in [2.24, 2.45) is 0 Å². The van der Waals surface area contributed by atoms with E-state index in [9.17, 15) is 9.18 Å². The summed E-state index contributed by atoms with van der Waals surface area (Å²) in [5.74, 6) is 0.489. The van der Waals surface area contributed by atoms with Crippen LogP contribution < -0.4 is 0 Å². The zero-order valence-electron chi connectivity index (χ0n) is 17.7. The quantitative estimate of drug-likeness (QED) is 0.521. The number of pyridine rings is 1. The van der Waals surface area contributed by atoms with Gasteiger partial charge in [0, 0.05) is 30.1 Å². The highest BCUT2D eigenvalue weighted by Gasteiger charge is 2.31. The van der Waals surface area contributed by atoms with Crippen molar-refractivity contribution in [3.63, 3.8) is 0 Å². The molecule has 2 aromatic heterocycles. The Kier molecular flexibility index (Phi) is 6.21. The highest BCUT2D eigenvalue weighted by molar-refractivity contribution is 7.99. The van der Waals surface area contributed by atoms with Gasteiger partial charge in [-0.15, -0.1) is 11.8 Å². The van der Waals surface area contributed by atoms with Gasteiger partial charge in [-0.3, -0.25) is 4.79 Å². The van der Waals surface area contributed by atoms with Crippen LogP contribution in [-0.2, 0) is 0 Å². The topological polar surface area (TPSA) is 72.1 Å². The van der Waals surface area contributed by atoms with Gasteiger partial charge in [0.1, 0.15) is 10.8 Å². The SMILES string of the molecule is O=C(c1cccnc1SC1CCCC1)N1CCCC(c2nc(-c3cccc(F)c3)no2)C1. The van der Waals surface area contributed by atoms with E-state index < -0.39 is 0 Å². The van der Waals surface area contributed by atoms with Gasteiger partial charge < -0.3 is 9.42 Å². The summed E-state index contributed by atoms with van der Waals surface area (Å²) in [7, 11) is 0. The molecule has 1 unspecified atom stereocenters. The van der Waals surface area contributed by atoms with Crippen LogP contribution in [0.5, 0.6) is 0 Å². The van der Waals surface area contributed by atoms with Crippen LogP contribution >= 0.6 is 11.8 Å². The standard InChI is InChI=1S/C24H25FN4O2S/c25-18-8-3-6-16(14-18)21-27-22(31-28-21)17-7-5-13-29(15-17)24(30)20-11-4-12-26-23(20)32-19-9-1-2-10-19/h3-4,6,8,11-12,14,17,19H,1-2,5,7,9-10,13,15H2. The van der Waals surface area contributed by atoms with Gasteiger partial charge >= 0.3 is 0 Å². The number of piperidine rings is 1. The van der Waals surface area contributed by atoms with Crippen molar-refractivity contribution in [2.45, 2.75) is 54.7 Å². The minimum Gasteiger partial charge on any atom is -0.339 e. The fourth-order valence-corrected chi connectivity index (χ4v) is 5.78.